The van der Waals surface area contributed by atoms with E-state index in [-0.39, 0.29) is 23.3 Å². The fourth-order valence-electron chi connectivity index (χ4n) is 4.64. The highest BCUT2D eigenvalue weighted by Gasteiger charge is 2.62. The van der Waals surface area contributed by atoms with Gasteiger partial charge in [0.25, 0.3) is 0 Å². The van der Waals surface area contributed by atoms with Crippen molar-refractivity contribution in [2.45, 2.75) is 57.0 Å². The number of hydrogen-bond donors (Lipinski definition) is 0. The van der Waals surface area contributed by atoms with Crippen LogP contribution in [0.3, 0.4) is 0 Å². The molecule has 2 fully saturated rings. The van der Waals surface area contributed by atoms with E-state index in [1.165, 1.54) is 6.07 Å². The Morgan fingerprint density at radius 3 is 2.82 bits per heavy atom. The molecule has 7 nitrogen and oxygen atoms in total. The maximum Gasteiger partial charge on any atom is 0.361 e. The molecule has 8 heteroatoms. The van der Waals surface area contributed by atoms with E-state index in [9.17, 15) is 9.59 Å². The normalized spacial score (nSPS) is 31.2. The van der Waals surface area contributed by atoms with Crippen LogP contribution >= 0.6 is 11.6 Å². The van der Waals surface area contributed by atoms with Gasteiger partial charge in [0.05, 0.1) is 5.60 Å². The zero-order valence-electron chi connectivity index (χ0n) is 18.4. The molecule has 2 saturated heterocycles. The number of benzene rings is 1. The number of nitrogens with zero attached hydrogens (tertiary/aromatic N) is 1. The number of esters is 2. The van der Waals surface area contributed by atoms with E-state index in [2.05, 4.69) is 17.8 Å². The van der Waals surface area contributed by atoms with Gasteiger partial charge in [0.2, 0.25) is 0 Å². The van der Waals surface area contributed by atoms with Crippen molar-refractivity contribution < 1.29 is 28.3 Å². The van der Waals surface area contributed by atoms with Crippen LogP contribution in [-0.2, 0) is 19.0 Å². The summed E-state index contributed by atoms with van der Waals surface area (Å²) < 4.78 is 22.7. The second kappa shape index (κ2) is 8.15. The van der Waals surface area contributed by atoms with Crippen molar-refractivity contribution in [3.63, 3.8) is 0 Å². The highest BCUT2D eigenvalue weighted by atomic mass is 35.5. The van der Waals surface area contributed by atoms with Crippen molar-refractivity contribution in [3.8, 4) is 11.3 Å². The van der Waals surface area contributed by atoms with Gasteiger partial charge in [0, 0.05) is 28.1 Å². The van der Waals surface area contributed by atoms with E-state index < -0.39 is 24.1 Å². The molecule has 3 heterocycles. The van der Waals surface area contributed by atoms with Crippen LogP contribution in [0.5, 0.6) is 0 Å². The molecule has 0 radical (unpaired) electrons. The van der Waals surface area contributed by atoms with Gasteiger partial charge in [0.15, 0.2) is 11.5 Å². The van der Waals surface area contributed by atoms with Gasteiger partial charge in [-0.1, -0.05) is 29.4 Å². The van der Waals surface area contributed by atoms with Crippen molar-refractivity contribution in [1.82, 2.24) is 5.16 Å². The number of rotatable bonds is 3. The largest absolute Gasteiger partial charge is 0.455 e. The number of hydrogen-bond acceptors (Lipinski definition) is 7. The smallest absolute Gasteiger partial charge is 0.361 e. The first kappa shape index (κ1) is 21.9. The Morgan fingerprint density at radius 2 is 2.06 bits per heavy atom. The van der Waals surface area contributed by atoms with E-state index in [0.29, 0.717) is 22.8 Å². The summed E-state index contributed by atoms with van der Waals surface area (Å²) in [5.74, 6) is -0.887. The summed E-state index contributed by atoms with van der Waals surface area (Å²) in [5.41, 5.74) is 1.79. The summed E-state index contributed by atoms with van der Waals surface area (Å²) in [6.07, 6.45) is 2.83. The highest BCUT2D eigenvalue weighted by molar-refractivity contribution is 6.30. The third-order valence-electron chi connectivity index (χ3n) is 6.77. The monoisotopic (exact) mass is 469 g/mol. The first-order valence-corrected chi connectivity index (χ1v) is 11.3. The van der Waals surface area contributed by atoms with Gasteiger partial charge in [0.1, 0.15) is 18.3 Å². The van der Waals surface area contributed by atoms with Crippen LogP contribution in [0.4, 0.5) is 0 Å². The predicted molar refractivity (Wildman–Crippen MR) is 120 cm³/mol. The molecule has 5 rings (SSSR count). The maximum absolute atomic E-state index is 12.9. The molecule has 3 aliphatic rings. The van der Waals surface area contributed by atoms with Crippen LogP contribution in [0.25, 0.3) is 11.3 Å². The SMILES string of the molecule is C=C1C(=O)O[C@@H]2[C@H]3O[C@]3(C)CCC=C(C)C(OC(=O)c3cc(-c4ccc(Cl)cc4)on3)C[C@@H]12. The van der Waals surface area contributed by atoms with Crippen molar-refractivity contribution >= 4 is 23.5 Å². The Morgan fingerprint density at radius 1 is 1.30 bits per heavy atom. The number of epoxide rings is 1. The molecule has 172 valence electrons. The Hall–Kier alpha value is -2.90. The first-order valence-electron chi connectivity index (χ1n) is 10.9. The molecule has 0 spiro atoms. The molecule has 1 aromatic carbocycles. The Kier molecular flexibility index (Phi) is 5.41. The van der Waals surface area contributed by atoms with E-state index in [1.807, 2.05) is 13.8 Å². The number of fused-ring (bicyclic) bond motifs is 3. The minimum Gasteiger partial charge on any atom is -0.455 e. The fourth-order valence-corrected chi connectivity index (χ4v) is 4.76. The Labute approximate surface area is 196 Å². The number of carbonyl (C=O) groups excluding carboxylic acids is 2. The Bertz CT molecular complexity index is 1150. The van der Waals surface area contributed by atoms with Gasteiger partial charge in [-0.2, -0.15) is 0 Å². The summed E-state index contributed by atoms with van der Waals surface area (Å²) in [7, 11) is 0. The van der Waals surface area contributed by atoms with Crippen LogP contribution in [0, 0.1) is 5.92 Å². The van der Waals surface area contributed by atoms with Crippen LogP contribution < -0.4 is 0 Å². The zero-order chi connectivity index (χ0) is 23.3. The lowest BCUT2D eigenvalue weighted by Gasteiger charge is -2.25. The van der Waals surface area contributed by atoms with Crippen LogP contribution in [-0.4, -0.2) is 41.0 Å². The second-order valence-corrected chi connectivity index (χ2v) is 9.49. The maximum atomic E-state index is 12.9. The summed E-state index contributed by atoms with van der Waals surface area (Å²) in [6.45, 7) is 7.89. The lowest BCUT2D eigenvalue weighted by molar-refractivity contribution is -0.140. The first-order chi connectivity index (χ1) is 15.7. The molecule has 5 atom stereocenters. The molecule has 1 aliphatic carbocycles. The molecule has 1 aromatic heterocycles. The Balaban J connectivity index is 1.37. The van der Waals surface area contributed by atoms with Crippen molar-refractivity contribution in [1.29, 1.82) is 0 Å². The van der Waals surface area contributed by atoms with Crippen LogP contribution in [0.2, 0.25) is 5.02 Å². The van der Waals surface area contributed by atoms with E-state index in [1.54, 1.807) is 24.3 Å². The number of allylic oxidation sites excluding steroid dienone is 1. The predicted octanol–water partition coefficient (Wildman–Crippen LogP) is 4.91. The van der Waals surface area contributed by atoms with Gasteiger partial charge in [-0.05, 0) is 62.9 Å². The number of carbonyl (C=O) groups is 2. The van der Waals surface area contributed by atoms with Crippen molar-refractivity contribution in [2.24, 2.45) is 5.92 Å². The molecular formula is C25H24ClNO6. The molecule has 0 amide bonds. The van der Waals surface area contributed by atoms with E-state index in [0.717, 1.165) is 24.0 Å². The fraction of sp³-hybridized carbons (Fsp3) is 0.400. The summed E-state index contributed by atoms with van der Waals surface area (Å²) in [5, 5.41) is 4.48. The van der Waals surface area contributed by atoms with Gasteiger partial charge in [-0.25, -0.2) is 9.59 Å². The topological polar surface area (TPSA) is 91.2 Å². The molecule has 0 saturated carbocycles. The van der Waals surface area contributed by atoms with Gasteiger partial charge < -0.3 is 18.7 Å². The van der Waals surface area contributed by atoms with Gasteiger partial charge in [-0.15, -0.1) is 0 Å². The minimum absolute atomic E-state index is 0.0667. The minimum atomic E-state index is -0.603. The average Bonchev–Trinajstić information content (AvgIpc) is 3.09. The molecule has 2 aromatic rings. The molecule has 1 unspecified atom stereocenters. The highest BCUT2D eigenvalue weighted by Crippen LogP contribution is 2.50. The van der Waals surface area contributed by atoms with Gasteiger partial charge in [-0.3, -0.25) is 0 Å². The van der Waals surface area contributed by atoms with E-state index >= 15 is 0 Å². The molecule has 33 heavy (non-hydrogen) atoms. The van der Waals surface area contributed by atoms with E-state index in [4.69, 9.17) is 30.3 Å². The molecule has 0 bridgehead atoms. The number of ether oxygens (including phenoxy) is 3. The standard InChI is InChI=1S/C25H24ClNO6/c1-13-5-4-10-25(3)22(32-25)21-17(14(2)23(28)31-21)11-19(13)30-24(29)18-12-20(33-27-18)15-6-8-16(26)9-7-15/h5-9,12,17,19,21-22H,2,4,10-11H2,1,3H3/t17-,19?,21-,22+,25+/m0/s1. The number of halogens is 1. The lowest BCUT2D eigenvalue weighted by atomic mass is 9.83. The second-order valence-electron chi connectivity index (χ2n) is 9.05. The number of aromatic nitrogens is 1. The third-order valence-corrected chi connectivity index (χ3v) is 7.02. The summed E-state index contributed by atoms with van der Waals surface area (Å²) >= 11 is 5.93. The molecule has 2 aliphatic heterocycles. The zero-order valence-corrected chi connectivity index (χ0v) is 19.1. The van der Waals surface area contributed by atoms with Crippen molar-refractivity contribution in [2.75, 3.05) is 0 Å². The van der Waals surface area contributed by atoms with Gasteiger partial charge >= 0.3 is 11.9 Å². The molecular weight excluding hydrogens is 446 g/mol. The summed E-state index contributed by atoms with van der Waals surface area (Å²) in [4.78, 5) is 25.2. The van der Waals surface area contributed by atoms with Crippen molar-refractivity contribution in [3.05, 3.63) is 64.8 Å². The summed E-state index contributed by atoms with van der Waals surface area (Å²) in [6, 6.07) is 8.56. The average molecular weight is 470 g/mol. The van der Waals surface area contributed by atoms with Crippen LogP contribution in [0.1, 0.15) is 43.6 Å². The lowest BCUT2D eigenvalue weighted by Crippen LogP contribution is -2.33. The third kappa shape index (κ3) is 4.11. The quantitative estimate of drug-likeness (QED) is 0.273. The molecule has 0 N–H and O–H groups in total. The van der Waals surface area contributed by atoms with Crippen LogP contribution in [0.15, 0.2) is 58.7 Å².